The molecule has 0 aliphatic carbocycles. The molecule has 1 N–H and O–H groups in total. The average Bonchev–Trinajstić information content (AvgIpc) is 2.64. The van der Waals surface area contributed by atoms with Crippen LogP contribution in [0.15, 0.2) is 12.4 Å². The lowest BCUT2D eigenvalue weighted by atomic mass is 10.0. The monoisotopic (exact) mass is 225 g/mol. The second-order valence-electron chi connectivity index (χ2n) is 4.02. The van der Waals surface area contributed by atoms with Gasteiger partial charge in [0.1, 0.15) is 5.54 Å². The predicted molar refractivity (Wildman–Crippen MR) is 61.1 cm³/mol. The van der Waals surface area contributed by atoms with Crippen LogP contribution in [0.4, 0.5) is 0 Å². The molecule has 1 aromatic rings. The van der Waals surface area contributed by atoms with Gasteiger partial charge < -0.3 is 10.1 Å². The maximum atomic E-state index is 11.8. The molecule has 1 atom stereocenters. The zero-order chi connectivity index (χ0) is 12.2. The summed E-state index contributed by atoms with van der Waals surface area (Å²) in [5.74, 6) is -0.259. The van der Waals surface area contributed by atoms with Crippen molar-refractivity contribution in [2.75, 3.05) is 13.7 Å². The summed E-state index contributed by atoms with van der Waals surface area (Å²) in [7, 11) is 1.74. The van der Waals surface area contributed by atoms with Gasteiger partial charge in [0.05, 0.1) is 19.3 Å². The summed E-state index contributed by atoms with van der Waals surface area (Å²) in [6.07, 6.45) is 3.66. The molecule has 0 aliphatic rings. The number of nitrogens with one attached hydrogen (secondary N) is 1. The molecule has 1 heterocycles. The van der Waals surface area contributed by atoms with E-state index in [0.717, 1.165) is 5.56 Å². The van der Waals surface area contributed by atoms with Gasteiger partial charge in [-0.15, -0.1) is 0 Å². The van der Waals surface area contributed by atoms with Gasteiger partial charge in [-0.05, 0) is 33.4 Å². The zero-order valence-corrected chi connectivity index (χ0v) is 10.3. The summed E-state index contributed by atoms with van der Waals surface area (Å²) < 4.78 is 6.77. The fraction of sp³-hybridized carbons (Fsp3) is 0.636. The lowest BCUT2D eigenvalue weighted by Crippen LogP contribution is -2.51. The van der Waals surface area contributed by atoms with E-state index in [0.29, 0.717) is 13.2 Å². The third-order valence-electron chi connectivity index (χ3n) is 2.52. The smallest absolute Gasteiger partial charge is 0.327 e. The Labute approximate surface area is 95.8 Å². The second-order valence-corrected chi connectivity index (χ2v) is 4.02. The van der Waals surface area contributed by atoms with Gasteiger partial charge in [-0.3, -0.25) is 4.68 Å². The van der Waals surface area contributed by atoms with Crippen LogP contribution in [0.3, 0.4) is 0 Å². The first-order chi connectivity index (χ1) is 7.51. The number of rotatable bonds is 5. The Morgan fingerprint density at radius 2 is 2.38 bits per heavy atom. The fourth-order valence-electron chi connectivity index (χ4n) is 1.41. The number of hydrogen-bond donors (Lipinski definition) is 1. The van der Waals surface area contributed by atoms with E-state index in [-0.39, 0.29) is 5.97 Å². The maximum absolute atomic E-state index is 11.8. The Morgan fingerprint density at radius 1 is 1.69 bits per heavy atom. The normalized spacial score (nSPS) is 14.5. The minimum absolute atomic E-state index is 0.259. The van der Waals surface area contributed by atoms with Gasteiger partial charge in [0.2, 0.25) is 0 Å². The first-order valence-corrected chi connectivity index (χ1v) is 5.37. The van der Waals surface area contributed by atoms with E-state index in [4.69, 9.17) is 4.74 Å². The van der Waals surface area contributed by atoms with Crippen LogP contribution >= 0.6 is 0 Å². The number of aromatic nitrogens is 2. The molecule has 1 aromatic heterocycles. The number of carbonyl (C=O) groups excluding carboxylic acids is 1. The van der Waals surface area contributed by atoms with Gasteiger partial charge in [0, 0.05) is 6.20 Å². The first-order valence-electron chi connectivity index (χ1n) is 5.37. The molecular weight excluding hydrogens is 206 g/mol. The van der Waals surface area contributed by atoms with Crippen molar-refractivity contribution in [2.45, 2.75) is 32.9 Å². The molecule has 0 radical (unpaired) electrons. The number of likely N-dealkylation sites (N-methyl/N-ethyl adjacent to an activating group) is 1. The second kappa shape index (κ2) is 5.12. The predicted octanol–water partition coefficient (Wildman–Crippen LogP) is 0.733. The topological polar surface area (TPSA) is 56.2 Å². The molecule has 0 aromatic carbocycles. The Hall–Kier alpha value is -1.36. The van der Waals surface area contributed by atoms with Gasteiger partial charge in [-0.2, -0.15) is 5.10 Å². The highest BCUT2D eigenvalue weighted by atomic mass is 16.5. The summed E-state index contributed by atoms with van der Waals surface area (Å²) in [6.45, 7) is 6.41. The highest BCUT2D eigenvalue weighted by molar-refractivity contribution is 5.80. The van der Waals surface area contributed by atoms with Crippen molar-refractivity contribution in [3.8, 4) is 0 Å². The molecule has 0 spiro atoms. The van der Waals surface area contributed by atoms with Crippen molar-refractivity contribution in [2.24, 2.45) is 0 Å². The number of carbonyl (C=O) groups is 1. The average molecular weight is 225 g/mol. The molecule has 0 bridgehead atoms. The Kier molecular flexibility index (Phi) is 4.06. The molecular formula is C11H19N3O2. The first kappa shape index (κ1) is 12.7. The summed E-state index contributed by atoms with van der Waals surface area (Å²) in [6, 6.07) is 0. The van der Waals surface area contributed by atoms with E-state index >= 15 is 0 Å². The molecule has 5 heteroatoms. The van der Waals surface area contributed by atoms with Crippen LogP contribution in [0.5, 0.6) is 0 Å². The standard InChI is InChI=1S/C11H19N3O2/c1-5-16-10(15)11(3,12-4)8-14-7-9(2)6-13-14/h6-7,12H,5,8H2,1-4H3. The molecule has 16 heavy (non-hydrogen) atoms. The van der Waals surface area contributed by atoms with Crippen molar-refractivity contribution in [1.82, 2.24) is 15.1 Å². The minimum atomic E-state index is -0.742. The largest absolute Gasteiger partial charge is 0.465 e. The maximum Gasteiger partial charge on any atom is 0.327 e. The number of hydrogen-bond acceptors (Lipinski definition) is 4. The number of nitrogens with zero attached hydrogens (tertiary/aromatic N) is 2. The van der Waals surface area contributed by atoms with Gasteiger partial charge in [0.25, 0.3) is 0 Å². The number of aryl methyl sites for hydroxylation is 1. The van der Waals surface area contributed by atoms with Crippen LogP contribution in [0.2, 0.25) is 0 Å². The van der Waals surface area contributed by atoms with E-state index in [2.05, 4.69) is 10.4 Å². The van der Waals surface area contributed by atoms with Gasteiger partial charge >= 0.3 is 5.97 Å². The SMILES string of the molecule is CCOC(=O)C(C)(Cn1cc(C)cn1)NC. The highest BCUT2D eigenvalue weighted by Crippen LogP contribution is 2.10. The van der Waals surface area contributed by atoms with Gasteiger partial charge in [0.15, 0.2) is 0 Å². The molecule has 0 fully saturated rings. The molecule has 1 unspecified atom stereocenters. The van der Waals surface area contributed by atoms with Crippen molar-refractivity contribution >= 4 is 5.97 Å². The molecule has 0 saturated heterocycles. The quantitative estimate of drug-likeness (QED) is 0.751. The summed E-state index contributed by atoms with van der Waals surface area (Å²) in [5, 5.41) is 7.15. The van der Waals surface area contributed by atoms with Gasteiger partial charge in [-0.1, -0.05) is 0 Å². The molecule has 1 rings (SSSR count). The molecule has 5 nitrogen and oxygen atoms in total. The Balaban J connectivity index is 2.77. The van der Waals surface area contributed by atoms with Crippen molar-refractivity contribution < 1.29 is 9.53 Å². The zero-order valence-electron chi connectivity index (χ0n) is 10.3. The lowest BCUT2D eigenvalue weighted by Gasteiger charge is -2.26. The van der Waals surface area contributed by atoms with Crippen LogP contribution < -0.4 is 5.32 Å². The fourth-order valence-corrected chi connectivity index (χ4v) is 1.41. The summed E-state index contributed by atoms with van der Waals surface area (Å²) in [5.41, 5.74) is 0.330. The summed E-state index contributed by atoms with van der Waals surface area (Å²) in [4.78, 5) is 11.8. The van der Waals surface area contributed by atoms with Gasteiger partial charge in [-0.25, -0.2) is 4.79 Å². The molecule has 0 saturated carbocycles. The van der Waals surface area contributed by atoms with E-state index < -0.39 is 5.54 Å². The van der Waals surface area contributed by atoms with Crippen LogP contribution in [0.1, 0.15) is 19.4 Å². The highest BCUT2D eigenvalue weighted by Gasteiger charge is 2.33. The van der Waals surface area contributed by atoms with E-state index in [9.17, 15) is 4.79 Å². The number of ether oxygens (including phenoxy) is 1. The Bertz CT molecular complexity index is 362. The third kappa shape index (κ3) is 2.82. The molecule has 90 valence electrons. The lowest BCUT2D eigenvalue weighted by molar-refractivity contribution is -0.151. The van der Waals surface area contributed by atoms with E-state index in [1.54, 1.807) is 24.9 Å². The Morgan fingerprint density at radius 3 is 2.81 bits per heavy atom. The minimum Gasteiger partial charge on any atom is -0.465 e. The van der Waals surface area contributed by atoms with Crippen molar-refractivity contribution in [3.63, 3.8) is 0 Å². The number of esters is 1. The van der Waals surface area contributed by atoms with E-state index in [1.165, 1.54) is 0 Å². The molecule has 0 amide bonds. The van der Waals surface area contributed by atoms with E-state index in [1.807, 2.05) is 20.0 Å². The van der Waals surface area contributed by atoms with Crippen molar-refractivity contribution in [3.05, 3.63) is 18.0 Å². The van der Waals surface area contributed by atoms with Crippen LogP contribution in [-0.2, 0) is 16.1 Å². The molecule has 0 aliphatic heterocycles. The van der Waals surface area contributed by atoms with Crippen molar-refractivity contribution in [1.29, 1.82) is 0 Å². The summed E-state index contributed by atoms with van der Waals surface area (Å²) >= 11 is 0. The third-order valence-corrected chi connectivity index (χ3v) is 2.52. The van der Waals surface area contributed by atoms with Crippen LogP contribution in [-0.4, -0.2) is 34.9 Å². The van der Waals surface area contributed by atoms with Crippen LogP contribution in [0, 0.1) is 6.92 Å². The van der Waals surface area contributed by atoms with Crippen LogP contribution in [0.25, 0.3) is 0 Å².